The van der Waals surface area contributed by atoms with Crippen LogP contribution in [0.15, 0.2) is 66.2 Å². The van der Waals surface area contributed by atoms with Crippen LogP contribution in [-0.4, -0.2) is 18.4 Å². The van der Waals surface area contributed by atoms with E-state index in [2.05, 4.69) is 16.7 Å². The van der Waals surface area contributed by atoms with Crippen molar-refractivity contribution in [1.29, 1.82) is 0 Å². The molecule has 5 nitrogen and oxygen atoms in total. The number of hydrogen-bond acceptors (Lipinski definition) is 3. The van der Waals surface area contributed by atoms with E-state index in [-0.39, 0.29) is 0 Å². The first-order valence-corrected chi connectivity index (χ1v) is 9.31. The summed E-state index contributed by atoms with van der Waals surface area (Å²) in [6, 6.07) is 16.3. The highest BCUT2D eigenvalue weighted by molar-refractivity contribution is 6.39. The summed E-state index contributed by atoms with van der Waals surface area (Å²) < 4.78 is 5.80. The van der Waals surface area contributed by atoms with Crippen LogP contribution < -0.4 is 15.4 Å². The molecule has 0 saturated heterocycles. The number of hydrogen-bond donors (Lipinski definition) is 2. The fourth-order valence-corrected chi connectivity index (χ4v) is 3.00. The molecule has 0 radical (unpaired) electrons. The van der Waals surface area contributed by atoms with Crippen molar-refractivity contribution in [3.05, 3.63) is 66.2 Å². The summed E-state index contributed by atoms with van der Waals surface area (Å²) in [5, 5.41) is 5.31. The molecule has 27 heavy (non-hydrogen) atoms. The molecule has 0 fully saturated rings. The molecule has 0 unspecified atom stereocenters. The van der Waals surface area contributed by atoms with Crippen LogP contribution in [0.5, 0.6) is 11.5 Å². The van der Waals surface area contributed by atoms with E-state index in [1.165, 1.54) is 18.4 Å². The molecule has 3 rings (SSSR count). The molecular formula is C22H24N2O3. The summed E-state index contributed by atoms with van der Waals surface area (Å²) in [7, 11) is 0. The first-order valence-electron chi connectivity index (χ1n) is 9.31. The van der Waals surface area contributed by atoms with E-state index in [1.54, 1.807) is 18.2 Å². The summed E-state index contributed by atoms with van der Waals surface area (Å²) in [5.74, 6) is -0.195. The molecule has 0 bridgehead atoms. The molecule has 1 aliphatic rings. The lowest BCUT2D eigenvalue weighted by atomic mass is 9.97. The van der Waals surface area contributed by atoms with Crippen molar-refractivity contribution in [3.8, 4) is 11.5 Å². The second-order valence-electron chi connectivity index (χ2n) is 6.48. The molecule has 2 aromatic carbocycles. The third-order valence-electron chi connectivity index (χ3n) is 4.43. The highest BCUT2D eigenvalue weighted by Gasteiger charge is 2.16. The minimum Gasteiger partial charge on any atom is -0.455 e. The monoisotopic (exact) mass is 364 g/mol. The standard InChI is InChI=1S/C22H24N2O3/c25-21(23-16-15-17-9-3-1-4-10-17)22(26)24-19-13-7-8-14-20(19)27-18-11-5-2-6-12-18/h2,5-9,11-14H,1,3-4,10,15-16H2,(H,23,25)(H,24,26). The van der Waals surface area contributed by atoms with Gasteiger partial charge < -0.3 is 15.4 Å². The van der Waals surface area contributed by atoms with Crippen molar-refractivity contribution in [2.75, 3.05) is 11.9 Å². The van der Waals surface area contributed by atoms with E-state index < -0.39 is 11.8 Å². The van der Waals surface area contributed by atoms with Crippen LogP contribution in [0.2, 0.25) is 0 Å². The third kappa shape index (κ3) is 5.71. The Hall–Kier alpha value is -3.08. The van der Waals surface area contributed by atoms with Crippen LogP contribution in [0.3, 0.4) is 0 Å². The van der Waals surface area contributed by atoms with Crippen LogP contribution in [0, 0.1) is 0 Å². The summed E-state index contributed by atoms with van der Waals surface area (Å²) >= 11 is 0. The Morgan fingerprint density at radius 3 is 2.48 bits per heavy atom. The Kier molecular flexibility index (Phi) is 6.63. The topological polar surface area (TPSA) is 67.4 Å². The van der Waals surface area contributed by atoms with E-state index >= 15 is 0 Å². The second-order valence-corrected chi connectivity index (χ2v) is 6.48. The van der Waals surface area contributed by atoms with Gasteiger partial charge in [-0.3, -0.25) is 9.59 Å². The van der Waals surface area contributed by atoms with Gasteiger partial charge in [0.25, 0.3) is 0 Å². The van der Waals surface area contributed by atoms with Gasteiger partial charge in [0.05, 0.1) is 5.69 Å². The smallest absolute Gasteiger partial charge is 0.313 e. The highest BCUT2D eigenvalue weighted by atomic mass is 16.5. The molecular weight excluding hydrogens is 340 g/mol. The van der Waals surface area contributed by atoms with Gasteiger partial charge in [-0.2, -0.15) is 0 Å². The fourth-order valence-electron chi connectivity index (χ4n) is 3.00. The Bertz CT molecular complexity index is 815. The number of carbonyl (C=O) groups is 2. The molecule has 0 aromatic heterocycles. The van der Waals surface area contributed by atoms with Gasteiger partial charge in [0.2, 0.25) is 0 Å². The Balaban J connectivity index is 1.54. The largest absolute Gasteiger partial charge is 0.455 e. The zero-order valence-electron chi connectivity index (χ0n) is 15.2. The fraction of sp³-hybridized carbons (Fsp3) is 0.273. The minimum atomic E-state index is -0.697. The number of allylic oxidation sites excluding steroid dienone is 1. The summed E-state index contributed by atoms with van der Waals surface area (Å²) in [4.78, 5) is 24.3. The van der Waals surface area contributed by atoms with E-state index in [1.807, 2.05) is 36.4 Å². The molecule has 140 valence electrons. The van der Waals surface area contributed by atoms with Gasteiger partial charge >= 0.3 is 11.8 Å². The van der Waals surface area contributed by atoms with Gasteiger partial charge in [-0.1, -0.05) is 42.0 Å². The molecule has 0 heterocycles. The molecule has 0 saturated carbocycles. The molecule has 2 amide bonds. The normalized spacial score (nSPS) is 13.4. The van der Waals surface area contributed by atoms with Crippen LogP contribution >= 0.6 is 0 Å². The van der Waals surface area contributed by atoms with Crippen molar-refractivity contribution in [2.24, 2.45) is 0 Å². The number of anilines is 1. The maximum atomic E-state index is 12.2. The molecule has 0 atom stereocenters. The minimum absolute atomic E-state index is 0.455. The number of rotatable bonds is 6. The first-order chi connectivity index (χ1) is 13.2. The van der Waals surface area contributed by atoms with Crippen molar-refractivity contribution in [1.82, 2.24) is 5.32 Å². The number of nitrogens with one attached hydrogen (secondary N) is 2. The zero-order chi connectivity index (χ0) is 18.9. The summed E-state index contributed by atoms with van der Waals surface area (Å²) in [6.07, 6.45) is 7.69. The van der Waals surface area contributed by atoms with Gasteiger partial charge in [0.15, 0.2) is 5.75 Å². The maximum absolute atomic E-state index is 12.2. The lowest BCUT2D eigenvalue weighted by molar-refractivity contribution is -0.136. The van der Waals surface area contributed by atoms with Crippen LogP contribution in [0.4, 0.5) is 5.69 Å². The average Bonchev–Trinajstić information content (AvgIpc) is 2.71. The van der Waals surface area contributed by atoms with Crippen molar-refractivity contribution < 1.29 is 14.3 Å². The SMILES string of the molecule is O=C(NCCC1=CCCCC1)C(=O)Nc1ccccc1Oc1ccccc1. The number of para-hydroxylation sites is 3. The van der Waals surface area contributed by atoms with Crippen molar-refractivity contribution in [2.45, 2.75) is 32.1 Å². The van der Waals surface area contributed by atoms with Crippen molar-refractivity contribution in [3.63, 3.8) is 0 Å². The van der Waals surface area contributed by atoms with E-state index in [4.69, 9.17) is 4.74 Å². The van der Waals surface area contributed by atoms with Gasteiger partial charge in [-0.15, -0.1) is 0 Å². The van der Waals surface area contributed by atoms with Gasteiger partial charge in [0.1, 0.15) is 5.75 Å². The number of ether oxygens (including phenoxy) is 1. The predicted octanol–water partition coefficient (Wildman–Crippen LogP) is 4.42. The second kappa shape index (κ2) is 9.57. The van der Waals surface area contributed by atoms with E-state index in [0.29, 0.717) is 23.7 Å². The summed E-state index contributed by atoms with van der Waals surface area (Å²) in [5.41, 5.74) is 1.82. The lowest BCUT2D eigenvalue weighted by Gasteiger charge is -2.14. The Labute approximate surface area is 159 Å². The zero-order valence-corrected chi connectivity index (χ0v) is 15.2. The van der Waals surface area contributed by atoms with Gasteiger partial charge in [-0.25, -0.2) is 0 Å². The Morgan fingerprint density at radius 2 is 1.70 bits per heavy atom. The average molecular weight is 364 g/mol. The highest BCUT2D eigenvalue weighted by Crippen LogP contribution is 2.29. The van der Waals surface area contributed by atoms with Gasteiger partial charge in [-0.05, 0) is 56.4 Å². The van der Waals surface area contributed by atoms with E-state index in [0.717, 1.165) is 19.3 Å². The van der Waals surface area contributed by atoms with Crippen LogP contribution in [0.25, 0.3) is 0 Å². The number of benzene rings is 2. The molecule has 1 aliphatic carbocycles. The molecule has 2 N–H and O–H groups in total. The molecule has 0 aliphatic heterocycles. The number of amides is 2. The molecule has 0 spiro atoms. The van der Waals surface area contributed by atoms with Gasteiger partial charge in [0, 0.05) is 6.54 Å². The van der Waals surface area contributed by atoms with E-state index in [9.17, 15) is 9.59 Å². The quantitative estimate of drug-likeness (QED) is 0.589. The van der Waals surface area contributed by atoms with Crippen molar-refractivity contribution >= 4 is 17.5 Å². The maximum Gasteiger partial charge on any atom is 0.313 e. The molecule has 5 heteroatoms. The lowest BCUT2D eigenvalue weighted by Crippen LogP contribution is -2.36. The number of carbonyl (C=O) groups excluding carboxylic acids is 2. The Morgan fingerprint density at radius 1 is 0.926 bits per heavy atom. The van der Waals surface area contributed by atoms with Crippen LogP contribution in [0.1, 0.15) is 32.1 Å². The van der Waals surface area contributed by atoms with Crippen LogP contribution in [-0.2, 0) is 9.59 Å². The summed E-state index contributed by atoms with van der Waals surface area (Å²) in [6.45, 7) is 0.472. The molecule has 2 aromatic rings. The predicted molar refractivity (Wildman–Crippen MR) is 106 cm³/mol. The third-order valence-corrected chi connectivity index (χ3v) is 4.43. The first kappa shape index (κ1) is 18.7.